The fraction of sp³-hybridized carbons (Fsp3) is 0.667. The molecular weight excluding hydrogens is 208 g/mol. The molecule has 1 aromatic heterocycles. The first-order chi connectivity index (χ1) is 8.22. The summed E-state index contributed by atoms with van der Waals surface area (Å²) in [7, 11) is 2.08. The first kappa shape index (κ1) is 14.2. The second-order valence-corrected chi connectivity index (χ2v) is 5.20. The Morgan fingerprint density at radius 1 is 1.12 bits per heavy atom. The first-order valence-corrected chi connectivity index (χ1v) is 6.78. The predicted molar refractivity (Wildman–Crippen MR) is 74.1 cm³/mol. The average molecular weight is 234 g/mol. The molecule has 0 saturated heterocycles. The maximum atomic E-state index is 4.05. The summed E-state index contributed by atoms with van der Waals surface area (Å²) in [4.78, 5) is 4.05. The lowest BCUT2D eigenvalue weighted by molar-refractivity contribution is 0.440. The van der Waals surface area contributed by atoms with Gasteiger partial charge in [-0.1, -0.05) is 26.7 Å². The van der Waals surface area contributed by atoms with Crippen LogP contribution in [0.25, 0.3) is 0 Å². The summed E-state index contributed by atoms with van der Waals surface area (Å²) < 4.78 is 0. The fourth-order valence-electron chi connectivity index (χ4n) is 2.10. The summed E-state index contributed by atoms with van der Waals surface area (Å²) in [6, 6.07) is 4.88. The molecule has 0 aromatic carbocycles. The van der Waals surface area contributed by atoms with Gasteiger partial charge in [-0.25, -0.2) is 0 Å². The van der Waals surface area contributed by atoms with Crippen LogP contribution in [0.5, 0.6) is 0 Å². The molecule has 0 aliphatic rings. The van der Waals surface area contributed by atoms with Crippen molar-refractivity contribution in [3.8, 4) is 0 Å². The molecule has 96 valence electrons. The monoisotopic (exact) mass is 234 g/mol. The number of pyridine rings is 1. The molecule has 0 aliphatic carbocycles. The van der Waals surface area contributed by atoms with Crippen molar-refractivity contribution in [2.75, 3.05) is 7.05 Å². The van der Waals surface area contributed by atoms with Crippen molar-refractivity contribution in [2.45, 2.75) is 52.0 Å². The highest BCUT2D eigenvalue weighted by molar-refractivity contribution is 5.09. The molecular formula is C15H26N2. The summed E-state index contributed by atoms with van der Waals surface area (Å²) >= 11 is 0. The maximum absolute atomic E-state index is 4.05. The van der Waals surface area contributed by atoms with Crippen molar-refractivity contribution in [1.29, 1.82) is 0 Å². The summed E-state index contributed by atoms with van der Waals surface area (Å²) in [5.74, 6) is 0.827. The summed E-state index contributed by atoms with van der Waals surface area (Å²) in [5.41, 5.74) is 1.39. The van der Waals surface area contributed by atoms with Gasteiger partial charge >= 0.3 is 0 Å². The second-order valence-electron chi connectivity index (χ2n) is 5.20. The van der Waals surface area contributed by atoms with Crippen LogP contribution in [0.4, 0.5) is 0 Å². The summed E-state index contributed by atoms with van der Waals surface area (Å²) in [6.07, 6.45) is 10.1. The topological polar surface area (TPSA) is 24.9 Å². The highest BCUT2D eigenvalue weighted by atomic mass is 14.9. The molecule has 0 amide bonds. The fourth-order valence-corrected chi connectivity index (χ4v) is 2.10. The van der Waals surface area contributed by atoms with Gasteiger partial charge in [0.2, 0.25) is 0 Å². The van der Waals surface area contributed by atoms with Crippen LogP contribution in [0, 0.1) is 5.92 Å². The molecule has 0 bridgehead atoms. The van der Waals surface area contributed by atoms with Crippen LogP contribution in [0.15, 0.2) is 24.5 Å². The molecule has 1 aromatic rings. The summed E-state index contributed by atoms with van der Waals surface area (Å²) in [5, 5.41) is 3.43. The maximum Gasteiger partial charge on any atom is 0.0270 e. The molecule has 1 rings (SSSR count). The molecule has 0 saturated carbocycles. The summed E-state index contributed by atoms with van der Waals surface area (Å²) in [6.45, 7) is 4.59. The van der Waals surface area contributed by atoms with Gasteiger partial charge in [-0.3, -0.25) is 4.98 Å². The Bertz CT molecular complexity index is 282. The third-order valence-corrected chi connectivity index (χ3v) is 3.27. The number of aromatic nitrogens is 1. The molecule has 1 unspecified atom stereocenters. The normalized spacial score (nSPS) is 12.9. The zero-order chi connectivity index (χ0) is 12.5. The van der Waals surface area contributed by atoms with Crippen LogP contribution in [0.1, 0.15) is 45.1 Å². The zero-order valence-electron chi connectivity index (χ0n) is 11.4. The van der Waals surface area contributed by atoms with E-state index in [0.717, 1.165) is 12.3 Å². The Balaban J connectivity index is 2.23. The SMILES string of the molecule is CNC(CCCC(C)C)CCc1ccncc1. The van der Waals surface area contributed by atoms with Gasteiger partial charge in [-0.05, 0) is 49.9 Å². The first-order valence-electron chi connectivity index (χ1n) is 6.78. The minimum Gasteiger partial charge on any atom is -0.317 e. The van der Waals surface area contributed by atoms with E-state index < -0.39 is 0 Å². The quantitative estimate of drug-likeness (QED) is 0.745. The van der Waals surface area contributed by atoms with Gasteiger partial charge in [-0.2, -0.15) is 0 Å². The van der Waals surface area contributed by atoms with Crippen molar-refractivity contribution in [3.05, 3.63) is 30.1 Å². The van der Waals surface area contributed by atoms with Gasteiger partial charge in [0.15, 0.2) is 0 Å². The van der Waals surface area contributed by atoms with Crippen LogP contribution in [0.2, 0.25) is 0 Å². The van der Waals surface area contributed by atoms with Gasteiger partial charge in [0.05, 0.1) is 0 Å². The Labute approximate surface area is 106 Å². The van der Waals surface area contributed by atoms with Crippen molar-refractivity contribution < 1.29 is 0 Å². The van der Waals surface area contributed by atoms with Crippen molar-refractivity contribution in [3.63, 3.8) is 0 Å². The van der Waals surface area contributed by atoms with Crippen LogP contribution in [-0.4, -0.2) is 18.1 Å². The minimum atomic E-state index is 0.655. The van der Waals surface area contributed by atoms with E-state index in [2.05, 4.69) is 43.3 Å². The Kier molecular flexibility index (Phi) is 6.87. The van der Waals surface area contributed by atoms with E-state index in [9.17, 15) is 0 Å². The molecule has 0 aliphatic heterocycles. The molecule has 1 atom stereocenters. The Morgan fingerprint density at radius 3 is 2.41 bits per heavy atom. The Morgan fingerprint density at radius 2 is 1.82 bits per heavy atom. The van der Waals surface area contributed by atoms with Crippen LogP contribution >= 0.6 is 0 Å². The standard InChI is InChI=1S/C15H26N2/c1-13(2)5-4-6-15(16-3)8-7-14-9-11-17-12-10-14/h9-13,15-16H,4-8H2,1-3H3. The molecule has 2 nitrogen and oxygen atoms in total. The second kappa shape index (κ2) is 8.24. The smallest absolute Gasteiger partial charge is 0.0270 e. The molecule has 0 radical (unpaired) electrons. The number of nitrogens with one attached hydrogen (secondary N) is 1. The van der Waals surface area contributed by atoms with E-state index >= 15 is 0 Å². The zero-order valence-corrected chi connectivity index (χ0v) is 11.4. The van der Waals surface area contributed by atoms with Crippen LogP contribution in [-0.2, 0) is 6.42 Å². The third-order valence-electron chi connectivity index (χ3n) is 3.27. The molecule has 17 heavy (non-hydrogen) atoms. The van der Waals surface area contributed by atoms with Crippen LogP contribution < -0.4 is 5.32 Å². The highest BCUT2D eigenvalue weighted by Gasteiger charge is 2.06. The average Bonchev–Trinajstić information content (AvgIpc) is 2.34. The van der Waals surface area contributed by atoms with Gasteiger partial charge in [0.25, 0.3) is 0 Å². The van der Waals surface area contributed by atoms with Crippen LogP contribution in [0.3, 0.4) is 0 Å². The lowest BCUT2D eigenvalue weighted by Gasteiger charge is -2.16. The number of hydrogen-bond donors (Lipinski definition) is 1. The lowest BCUT2D eigenvalue weighted by Crippen LogP contribution is -2.25. The van der Waals surface area contributed by atoms with Gasteiger partial charge < -0.3 is 5.32 Å². The molecule has 1 N–H and O–H groups in total. The number of rotatable bonds is 8. The van der Waals surface area contributed by atoms with Crippen molar-refractivity contribution in [2.24, 2.45) is 5.92 Å². The largest absolute Gasteiger partial charge is 0.317 e. The van der Waals surface area contributed by atoms with Crippen molar-refractivity contribution >= 4 is 0 Å². The molecule has 2 heteroatoms. The van der Waals surface area contributed by atoms with E-state index in [1.165, 1.54) is 31.2 Å². The third kappa shape index (κ3) is 6.42. The predicted octanol–water partition coefficient (Wildman–Crippen LogP) is 3.43. The van der Waals surface area contributed by atoms with Gasteiger partial charge in [0.1, 0.15) is 0 Å². The molecule has 1 heterocycles. The number of aryl methyl sites for hydroxylation is 1. The highest BCUT2D eigenvalue weighted by Crippen LogP contribution is 2.12. The van der Waals surface area contributed by atoms with Gasteiger partial charge in [0, 0.05) is 18.4 Å². The van der Waals surface area contributed by atoms with E-state index in [1.54, 1.807) is 0 Å². The number of hydrogen-bond acceptors (Lipinski definition) is 2. The lowest BCUT2D eigenvalue weighted by atomic mass is 9.99. The van der Waals surface area contributed by atoms with Crippen molar-refractivity contribution in [1.82, 2.24) is 10.3 Å². The van der Waals surface area contributed by atoms with Gasteiger partial charge in [-0.15, -0.1) is 0 Å². The molecule has 0 fully saturated rings. The Hall–Kier alpha value is -0.890. The van der Waals surface area contributed by atoms with E-state index in [4.69, 9.17) is 0 Å². The van der Waals surface area contributed by atoms with E-state index in [0.29, 0.717) is 6.04 Å². The van der Waals surface area contributed by atoms with E-state index in [1.807, 2.05) is 12.4 Å². The van der Waals surface area contributed by atoms with E-state index in [-0.39, 0.29) is 0 Å². The minimum absolute atomic E-state index is 0.655. The molecule has 0 spiro atoms. The number of nitrogens with zero attached hydrogens (tertiary/aromatic N) is 1.